The first-order valence-corrected chi connectivity index (χ1v) is 8.89. The molecular formula is C21H21NO3. The Morgan fingerprint density at radius 1 is 1.20 bits per heavy atom. The summed E-state index contributed by atoms with van der Waals surface area (Å²) in [7, 11) is 0. The van der Waals surface area contributed by atoms with Crippen LogP contribution >= 0.6 is 0 Å². The van der Waals surface area contributed by atoms with E-state index in [4.69, 9.17) is 0 Å². The number of aromatic nitrogens is 1. The highest BCUT2D eigenvalue weighted by Gasteiger charge is 2.41. The summed E-state index contributed by atoms with van der Waals surface area (Å²) < 4.78 is 0.825. The second-order valence-electron chi connectivity index (χ2n) is 6.97. The van der Waals surface area contributed by atoms with Crippen LogP contribution in [0.25, 0.3) is 16.8 Å². The average Bonchev–Trinajstić information content (AvgIpc) is 3.08. The van der Waals surface area contributed by atoms with E-state index in [1.54, 1.807) is 12.1 Å². The highest BCUT2D eigenvalue weighted by Crippen LogP contribution is 2.46. The van der Waals surface area contributed by atoms with Crippen molar-refractivity contribution in [1.82, 2.24) is 0 Å². The minimum absolute atomic E-state index is 0.0328. The lowest BCUT2D eigenvalue weighted by molar-refractivity contribution is -0.593. The van der Waals surface area contributed by atoms with Gasteiger partial charge in [0.15, 0.2) is 12.0 Å². The van der Waals surface area contributed by atoms with Crippen LogP contribution in [0.4, 0.5) is 0 Å². The highest BCUT2D eigenvalue weighted by molar-refractivity contribution is 6.23. The molecule has 0 saturated heterocycles. The lowest BCUT2D eigenvalue weighted by Crippen LogP contribution is -2.28. The van der Waals surface area contributed by atoms with Crippen LogP contribution in [-0.2, 0) is 11.2 Å². The summed E-state index contributed by atoms with van der Waals surface area (Å²) in [5, 5.41) is 22.8. The number of Topliss-reactive ketones (excluding diaryl/α,β-unsaturated/α-hetero) is 1. The van der Waals surface area contributed by atoms with E-state index in [2.05, 4.69) is 0 Å². The number of carbonyl (C=O) groups is 1. The zero-order valence-electron chi connectivity index (χ0n) is 14.2. The molecule has 1 aromatic heterocycles. The third-order valence-corrected chi connectivity index (χ3v) is 5.57. The van der Waals surface area contributed by atoms with E-state index in [9.17, 15) is 15.1 Å². The van der Waals surface area contributed by atoms with Crippen molar-refractivity contribution in [3.8, 4) is 11.3 Å². The van der Waals surface area contributed by atoms with E-state index in [0.717, 1.165) is 47.1 Å². The normalized spacial score (nSPS) is 22.5. The van der Waals surface area contributed by atoms with Gasteiger partial charge in [0, 0.05) is 29.5 Å². The Morgan fingerprint density at radius 2 is 2.00 bits per heavy atom. The van der Waals surface area contributed by atoms with E-state index in [1.165, 1.54) is 6.20 Å². The van der Waals surface area contributed by atoms with Crippen LogP contribution in [0.2, 0.25) is 0 Å². The van der Waals surface area contributed by atoms with Crippen molar-refractivity contribution in [2.45, 2.75) is 32.6 Å². The molecule has 4 rings (SSSR count). The summed E-state index contributed by atoms with van der Waals surface area (Å²) in [5.74, 6) is 0.437. The van der Waals surface area contributed by atoms with Gasteiger partial charge < -0.3 is 10.3 Å². The van der Waals surface area contributed by atoms with Crippen molar-refractivity contribution in [2.75, 3.05) is 0 Å². The lowest BCUT2D eigenvalue weighted by Gasteiger charge is -2.23. The van der Waals surface area contributed by atoms with Gasteiger partial charge in [-0.05, 0) is 55.0 Å². The molecule has 0 amide bonds. The van der Waals surface area contributed by atoms with Gasteiger partial charge in [0.25, 0.3) is 0 Å². The summed E-state index contributed by atoms with van der Waals surface area (Å²) >= 11 is 0. The molecule has 2 atom stereocenters. The molecule has 0 spiro atoms. The van der Waals surface area contributed by atoms with Gasteiger partial charge in [-0.3, -0.25) is 4.79 Å². The first-order chi connectivity index (χ1) is 12.1. The molecule has 0 unspecified atom stereocenters. The van der Waals surface area contributed by atoms with Crippen molar-refractivity contribution < 1.29 is 14.6 Å². The minimum atomic E-state index is 0.0328. The number of rotatable bonds is 3. The van der Waals surface area contributed by atoms with E-state index in [1.807, 2.05) is 31.2 Å². The maximum absolute atomic E-state index is 12.9. The van der Waals surface area contributed by atoms with Gasteiger partial charge in [0.2, 0.25) is 5.69 Å². The molecule has 1 fully saturated rings. The van der Waals surface area contributed by atoms with Crippen molar-refractivity contribution >= 4 is 11.4 Å². The van der Waals surface area contributed by atoms with Crippen molar-refractivity contribution in [3.05, 3.63) is 64.7 Å². The zero-order valence-corrected chi connectivity index (χ0v) is 14.2. The fraction of sp³-hybridized carbons (Fsp3) is 0.333. The maximum Gasteiger partial charge on any atom is 0.223 e. The lowest BCUT2D eigenvalue weighted by atomic mass is 9.81. The molecular weight excluding hydrogens is 314 g/mol. The molecule has 25 heavy (non-hydrogen) atoms. The number of aryl methyl sites for hydroxylation is 1. The summed E-state index contributed by atoms with van der Waals surface area (Å²) in [5.41, 5.74) is 3.58. The van der Waals surface area contributed by atoms with Gasteiger partial charge >= 0.3 is 0 Å². The topological polar surface area (TPSA) is 64.2 Å². The van der Waals surface area contributed by atoms with Crippen LogP contribution in [0.3, 0.4) is 0 Å². The third-order valence-electron chi connectivity index (χ3n) is 5.57. The van der Waals surface area contributed by atoms with E-state index in [0.29, 0.717) is 11.3 Å². The third kappa shape index (κ3) is 2.53. The largest absolute Gasteiger partial charge is 0.618 e. The summed E-state index contributed by atoms with van der Waals surface area (Å²) in [4.78, 5) is 12.9. The molecule has 1 heterocycles. The number of allylic oxidation sites excluding steroid dienone is 2. The van der Waals surface area contributed by atoms with Crippen LogP contribution in [0, 0.1) is 17.0 Å². The van der Waals surface area contributed by atoms with Gasteiger partial charge in [0.1, 0.15) is 5.76 Å². The Balaban J connectivity index is 1.89. The molecule has 4 heteroatoms. The van der Waals surface area contributed by atoms with Crippen molar-refractivity contribution in [1.29, 1.82) is 0 Å². The number of nitrogens with zero attached hydrogens (tertiary/aromatic N) is 1. The fourth-order valence-electron chi connectivity index (χ4n) is 4.20. The molecule has 1 N–H and O–H groups in total. The first kappa shape index (κ1) is 15.9. The summed E-state index contributed by atoms with van der Waals surface area (Å²) in [6.45, 7) is 2.04. The molecule has 128 valence electrons. The van der Waals surface area contributed by atoms with E-state index < -0.39 is 0 Å². The standard InChI is InChI=1S/C21H21NO3/c1-2-13-6-7-14(18-5-3-4-10-22(18)25)12-17(13)19-20(23)15-8-9-16(11-15)21(19)24/h3-7,10,12,15-16,23H,2,8-9,11H2,1H3/t15-,16+/m1/s1. The van der Waals surface area contributed by atoms with Gasteiger partial charge in [-0.25, -0.2) is 0 Å². The van der Waals surface area contributed by atoms with E-state index in [-0.39, 0.29) is 23.4 Å². The summed E-state index contributed by atoms with van der Waals surface area (Å²) in [6, 6.07) is 11.0. The van der Waals surface area contributed by atoms with Crippen LogP contribution in [0.5, 0.6) is 0 Å². The molecule has 2 aliphatic carbocycles. The number of ketones is 1. The summed E-state index contributed by atoms with van der Waals surface area (Å²) in [6.07, 6.45) is 4.74. The number of aliphatic hydroxyl groups is 1. The zero-order chi connectivity index (χ0) is 17.6. The van der Waals surface area contributed by atoms with Gasteiger partial charge in [0.05, 0.1) is 5.57 Å². The van der Waals surface area contributed by atoms with E-state index >= 15 is 0 Å². The molecule has 2 aliphatic rings. The predicted molar refractivity (Wildman–Crippen MR) is 95.6 cm³/mol. The SMILES string of the molecule is CCc1ccc(-c2cccc[n+]2[O-])cc1C1=C(O)[C@@H]2CC[C@@H](C2)C1=O. The maximum atomic E-state index is 12.9. The Labute approximate surface area is 147 Å². The Hall–Kier alpha value is -2.62. The Morgan fingerprint density at radius 3 is 2.76 bits per heavy atom. The molecule has 4 nitrogen and oxygen atoms in total. The molecule has 1 aromatic carbocycles. The molecule has 2 aromatic rings. The number of hydrogen-bond donors (Lipinski definition) is 1. The number of pyridine rings is 1. The average molecular weight is 335 g/mol. The quantitative estimate of drug-likeness (QED) is 0.685. The second kappa shape index (κ2) is 6.03. The molecule has 1 saturated carbocycles. The predicted octanol–water partition coefficient (Wildman–Crippen LogP) is 3.82. The Kier molecular flexibility index (Phi) is 3.83. The van der Waals surface area contributed by atoms with Crippen molar-refractivity contribution in [3.63, 3.8) is 0 Å². The van der Waals surface area contributed by atoms with Crippen LogP contribution in [0.15, 0.2) is 48.4 Å². The van der Waals surface area contributed by atoms with Gasteiger partial charge in [-0.1, -0.05) is 13.0 Å². The number of fused-ring (bicyclic) bond motifs is 2. The van der Waals surface area contributed by atoms with Crippen LogP contribution in [0.1, 0.15) is 37.3 Å². The fourth-order valence-corrected chi connectivity index (χ4v) is 4.20. The smallest absolute Gasteiger partial charge is 0.223 e. The van der Waals surface area contributed by atoms with Gasteiger partial charge in [-0.2, -0.15) is 4.73 Å². The first-order valence-electron chi connectivity index (χ1n) is 8.89. The van der Waals surface area contributed by atoms with Crippen LogP contribution in [-0.4, -0.2) is 10.9 Å². The molecule has 0 radical (unpaired) electrons. The molecule has 0 aliphatic heterocycles. The van der Waals surface area contributed by atoms with Gasteiger partial charge in [-0.15, -0.1) is 0 Å². The second-order valence-corrected chi connectivity index (χ2v) is 6.97. The number of hydrogen-bond acceptors (Lipinski definition) is 3. The Bertz CT molecular complexity index is 884. The number of benzene rings is 1. The number of carbonyl (C=O) groups excluding carboxylic acids is 1. The van der Waals surface area contributed by atoms with Crippen molar-refractivity contribution in [2.24, 2.45) is 11.8 Å². The monoisotopic (exact) mass is 335 g/mol. The highest BCUT2D eigenvalue weighted by atomic mass is 16.5. The number of aliphatic hydroxyl groups excluding tert-OH is 1. The molecule has 2 bridgehead atoms. The van der Waals surface area contributed by atoms with Crippen LogP contribution < -0.4 is 4.73 Å². The minimum Gasteiger partial charge on any atom is -0.618 e.